The maximum Gasteiger partial charge on any atom is 0.383 e. The molecule has 0 spiro atoms. The van der Waals surface area contributed by atoms with Crippen LogP contribution in [-0.4, -0.2) is 7.11 Å². The summed E-state index contributed by atoms with van der Waals surface area (Å²) in [5.74, 6) is 0. The number of alkyl halides is 2. The zero-order valence-electron chi connectivity index (χ0n) is 9.54. The number of ether oxygens (including phenoxy) is 1. The Kier molecular flexibility index (Phi) is 4.62. The number of halogens is 2. The lowest BCUT2D eigenvalue weighted by Gasteiger charge is -2.14. The van der Waals surface area contributed by atoms with Crippen LogP contribution in [0.25, 0.3) is 0 Å². The molecule has 88 valence electrons. The summed E-state index contributed by atoms with van der Waals surface area (Å²) in [6.07, 6.45) is 2.63. The second-order valence-corrected chi connectivity index (χ2v) is 3.53. The first-order valence-electron chi connectivity index (χ1n) is 5.23. The van der Waals surface area contributed by atoms with Crippen LogP contribution >= 0.6 is 0 Å². The SMILES string of the molecule is CC=CCCc1ccc(C(F)(F)OC)cc1. The largest absolute Gasteiger partial charge is 0.383 e. The zero-order valence-corrected chi connectivity index (χ0v) is 9.54. The van der Waals surface area contributed by atoms with Gasteiger partial charge in [0.25, 0.3) is 0 Å². The minimum absolute atomic E-state index is 0.107. The number of allylic oxidation sites excluding steroid dienone is 2. The molecule has 0 radical (unpaired) electrons. The highest BCUT2D eigenvalue weighted by molar-refractivity contribution is 5.25. The fourth-order valence-corrected chi connectivity index (χ4v) is 1.40. The Labute approximate surface area is 94.7 Å². The van der Waals surface area contributed by atoms with Gasteiger partial charge in [-0.25, -0.2) is 0 Å². The summed E-state index contributed by atoms with van der Waals surface area (Å²) < 4.78 is 30.3. The van der Waals surface area contributed by atoms with Crippen LogP contribution < -0.4 is 0 Å². The number of methoxy groups -OCH3 is 1. The highest BCUT2D eigenvalue weighted by Gasteiger charge is 2.30. The van der Waals surface area contributed by atoms with Crippen molar-refractivity contribution in [2.75, 3.05) is 7.11 Å². The van der Waals surface area contributed by atoms with E-state index in [0.717, 1.165) is 25.5 Å². The molecule has 0 aromatic heterocycles. The first-order chi connectivity index (χ1) is 7.60. The smallest absolute Gasteiger partial charge is 0.320 e. The standard InChI is InChI=1S/C13H16F2O/c1-3-4-5-6-11-7-9-12(10-8-11)13(14,15)16-2/h3-4,7-10H,5-6H2,1-2H3. The van der Waals surface area contributed by atoms with Gasteiger partial charge >= 0.3 is 6.11 Å². The molecule has 0 saturated carbocycles. The molecular weight excluding hydrogens is 210 g/mol. The third-order valence-electron chi connectivity index (χ3n) is 2.38. The van der Waals surface area contributed by atoms with E-state index in [2.05, 4.69) is 10.8 Å². The summed E-state index contributed by atoms with van der Waals surface area (Å²) >= 11 is 0. The molecule has 0 atom stereocenters. The van der Waals surface area contributed by atoms with Gasteiger partial charge in [-0.3, -0.25) is 0 Å². The van der Waals surface area contributed by atoms with Crippen LogP contribution in [0, 0.1) is 0 Å². The molecule has 1 aromatic rings. The van der Waals surface area contributed by atoms with Crippen LogP contribution in [0.3, 0.4) is 0 Å². The molecule has 0 heterocycles. The molecule has 1 aromatic carbocycles. The van der Waals surface area contributed by atoms with E-state index < -0.39 is 6.11 Å². The Hall–Kier alpha value is -1.22. The molecule has 0 saturated heterocycles. The normalized spacial score (nSPS) is 12.2. The molecule has 0 aliphatic rings. The fourth-order valence-electron chi connectivity index (χ4n) is 1.40. The number of benzene rings is 1. The van der Waals surface area contributed by atoms with Crippen LogP contribution in [0.2, 0.25) is 0 Å². The zero-order chi connectivity index (χ0) is 12.0. The molecule has 0 unspecified atom stereocenters. The lowest BCUT2D eigenvalue weighted by molar-refractivity contribution is -0.231. The monoisotopic (exact) mass is 226 g/mol. The Morgan fingerprint density at radius 1 is 1.25 bits per heavy atom. The Morgan fingerprint density at radius 3 is 2.38 bits per heavy atom. The Morgan fingerprint density at radius 2 is 1.88 bits per heavy atom. The van der Waals surface area contributed by atoms with Gasteiger partial charge in [-0.1, -0.05) is 36.4 Å². The molecular formula is C13H16F2O. The minimum atomic E-state index is -3.19. The van der Waals surface area contributed by atoms with Gasteiger partial charge < -0.3 is 4.74 Å². The summed E-state index contributed by atoms with van der Waals surface area (Å²) in [5, 5.41) is 0. The summed E-state index contributed by atoms with van der Waals surface area (Å²) in [5.41, 5.74) is 0.943. The first kappa shape index (κ1) is 12.8. The van der Waals surface area contributed by atoms with Crippen molar-refractivity contribution >= 4 is 0 Å². The molecule has 0 bridgehead atoms. The number of aryl methyl sites for hydroxylation is 1. The van der Waals surface area contributed by atoms with E-state index in [1.807, 2.05) is 13.0 Å². The van der Waals surface area contributed by atoms with Crippen LogP contribution in [0.15, 0.2) is 36.4 Å². The van der Waals surface area contributed by atoms with Crippen molar-refractivity contribution in [3.63, 3.8) is 0 Å². The van der Waals surface area contributed by atoms with Crippen LogP contribution in [0.5, 0.6) is 0 Å². The van der Waals surface area contributed by atoms with Crippen LogP contribution in [0.4, 0.5) is 8.78 Å². The van der Waals surface area contributed by atoms with Gasteiger partial charge in [0, 0.05) is 7.11 Å². The summed E-state index contributed by atoms with van der Waals surface area (Å²) in [6, 6.07) is 6.25. The maximum atomic E-state index is 13.1. The van der Waals surface area contributed by atoms with Crippen molar-refractivity contribution in [2.45, 2.75) is 25.9 Å². The number of hydrogen-bond donors (Lipinski definition) is 0. The fraction of sp³-hybridized carbons (Fsp3) is 0.385. The maximum absolute atomic E-state index is 13.1. The van der Waals surface area contributed by atoms with Gasteiger partial charge in [0.05, 0.1) is 5.56 Å². The molecule has 1 nitrogen and oxygen atoms in total. The quantitative estimate of drug-likeness (QED) is 0.692. The van der Waals surface area contributed by atoms with E-state index in [0.29, 0.717) is 0 Å². The second-order valence-electron chi connectivity index (χ2n) is 3.53. The highest BCUT2D eigenvalue weighted by atomic mass is 19.3. The molecule has 0 fully saturated rings. The van der Waals surface area contributed by atoms with E-state index >= 15 is 0 Å². The molecule has 0 aliphatic carbocycles. The predicted octanol–water partition coefficient (Wildman–Crippen LogP) is 3.89. The van der Waals surface area contributed by atoms with Crippen molar-refractivity contribution < 1.29 is 13.5 Å². The lowest BCUT2D eigenvalue weighted by atomic mass is 10.1. The van der Waals surface area contributed by atoms with E-state index in [-0.39, 0.29) is 5.56 Å². The third-order valence-corrected chi connectivity index (χ3v) is 2.38. The van der Waals surface area contributed by atoms with Gasteiger partial charge in [-0.2, -0.15) is 8.78 Å². The third kappa shape index (κ3) is 3.42. The molecule has 0 N–H and O–H groups in total. The number of hydrogen-bond acceptors (Lipinski definition) is 1. The van der Waals surface area contributed by atoms with Gasteiger partial charge in [-0.05, 0) is 25.3 Å². The van der Waals surface area contributed by atoms with Gasteiger partial charge in [0.1, 0.15) is 0 Å². The lowest BCUT2D eigenvalue weighted by Crippen LogP contribution is -2.15. The van der Waals surface area contributed by atoms with E-state index in [4.69, 9.17) is 0 Å². The van der Waals surface area contributed by atoms with Crippen molar-refractivity contribution in [3.8, 4) is 0 Å². The Balaban J connectivity index is 2.68. The topological polar surface area (TPSA) is 9.23 Å². The number of rotatable bonds is 5. The van der Waals surface area contributed by atoms with Gasteiger partial charge in [0.2, 0.25) is 0 Å². The molecule has 1 rings (SSSR count). The highest BCUT2D eigenvalue weighted by Crippen LogP contribution is 2.28. The minimum Gasteiger partial charge on any atom is -0.320 e. The average Bonchev–Trinajstić information content (AvgIpc) is 2.30. The van der Waals surface area contributed by atoms with Crippen molar-refractivity contribution in [2.24, 2.45) is 0 Å². The summed E-state index contributed by atoms with van der Waals surface area (Å²) in [7, 11) is 1.000. The van der Waals surface area contributed by atoms with E-state index in [1.54, 1.807) is 12.1 Å². The van der Waals surface area contributed by atoms with Crippen LogP contribution in [-0.2, 0) is 17.3 Å². The van der Waals surface area contributed by atoms with Gasteiger partial charge in [0.15, 0.2) is 0 Å². The van der Waals surface area contributed by atoms with Crippen molar-refractivity contribution in [1.82, 2.24) is 0 Å². The molecule has 16 heavy (non-hydrogen) atoms. The average molecular weight is 226 g/mol. The summed E-state index contributed by atoms with van der Waals surface area (Å²) in [4.78, 5) is 0. The molecule has 0 aliphatic heterocycles. The Bertz CT molecular complexity index is 341. The van der Waals surface area contributed by atoms with Crippen LogP contribution in [0.1, 0.15) is 24.5 Å². The van der Waals surface area contributed by atoms with Crippen molar-refractivity contribution in [3.05, 3.63) is 47.5 Å². The van der Waals surface area contributed by atoms with E-state index in [1.165, 1.54) is 12.1 Å². The van der Waals surface area contributed by atoms with E-state index in [9.17, 15) is 8.78 Å². The summed E-state index contributed by atoms with van der Waals surface area (Å²) in [6.45, 7) is 1.96. The first-order valence-corrected chi connectivity index (χ1v) is 5.23. The molecule has 0 amide bonds. The molecule has 3 heteroatoms. The van der Waals surface area contributed by atoms with Gasteiger partial charge in [-0.15, -0.1) is 0 Å². The second kappa shape index (κ2) is 5.75. The van der Waals surface area contributed by atoms with Crippen molar-refractivity contribution in [1.29, 1.82) is 0 Å². The predicted molar refractivity (Wildman–Crippen MR) is 60.5 cm³/mol.